The van der Waals surface area contributed by atoms with E-state index in [0.717, 1.165) is 30.2 Å². The van der Waals surface area contributed by atoms with Gasteiger partial charge in [-0.1, -0.05) is 26.2 Å². The van der Waals surface area contributed by atoms with Gasteiger partial charge in [0, 0.05) is 16.8 Å². The molecule has 3 rings (SSSR count). The maximum absolute atomic E-state index is 12.1. The molecule has 1 N–H and O–H groups in total. The molecule has 0 aliphatic heterocycles. The van der Waals surface area contributed by atoms with Gasteiger partial charge in [-0.2, -0.15) is 0 Å². The predicted octanol–water partition coefficient (Wildman–Crippen LogP) is 4.74. The van der Waals surface area contributed by atoms with Crippen molar-refractivity contribution < 1.29 is 9.52 Å². The van der Waals surface area contributed by atoms with Gasteiger partial charge in [0.15, 0.2) is 0 Å². The van der Waals surface area contributed by atoms with Gasteiger partial charge in [-0.3, -0.25) is 0 Å². The van der Waals surface area contributed by atoms with Crippen LogP contribution in [-0.2, 0) is 6.42 Å². The quantitative estimate of drug-likeness (QED) is 0.524. The summed E-state index contributed by atoms with van der Waals surface area (Å²) in [6.07, 6.45) is 5.42. The van der Waals surface area contributed by atoms with Gasteiger partial charge in [0.25, 0.3) is 0 Å². The van der Waals surface area contributed by atoms with E-state index in [0.29, 0.717) is 16.8 Å². The van der Waals surface area contributed by atoms with Crippen LogP contribution in [0.2, 0.25) is 0 Å². The number of fused-ring (bicyclic) bond motifs is 1. The first-order valence-electron chi connectivity index (χ1n) is 7.87. The molecule has 0 aliphatic carbocycles. The Morgan fingerprint density at radius 3 is 2.83 bits per heavy atom. The number of rotatable bonds is 6. The van der Waals surface area contributed by atoms with Gasteiger partial charge in [-0.05, 0) is 30.5 Å². The fourth-order valence-electron chi connectivity index (χ4n) is 2.67. The minimum absolute atomic E-state index is 0.193. The van der Waals surface area contributed by atoms with E-state index in [2.05, 4.69) is 11.9 Å². The van der Waals surface area contributed by atoms with Crippen LogP contribution in [0.1, 0.15) is 38.2 Å². The number of aromatic hydroxyl groups is 1. The van der Waals surface area contributed by atoms with E-state index in [1.165, 1.54) is 30.2 Å². The lowest BCUT2D eigenvalue weighted by molar-refractivity contribution is 0.464. The number of benzene rings is 1. The Labute approximate surface area is 138 Å². The van der Waals surface area contributed by atoms with Gasteiger partial charge in [0.1, 0.15) is 11.3 Å². The monoisotopic (exact) mass is 329 g/mol. The smallest absolute Gasteiger partial charge is 0.345 e. The molecule has 0 aliphatic rings. The van der Waals surface area contributed by atoms with Crippen molar-refractivity contribution in [3.63, 3.8) is 0 Å². The normalized spacial score (nSPS) is 11.2. The summed E-state index contributed by atoms with van der Waals surface area (Å²) in [5.41, 5.74) is 3.65. The summed E-state index contributed by atoms with van der Waals surface area (Å²) in [4.78, 5) is 16.3. The summed E-state index contributed by atoms with van der Waals surface area (Å²) < 4.78 is 5.34. The van der Waals surface area contributed by atoms with E-state index < -0.39 is 5.63 Å². The Morgan fingerprint density at radius 1 is 1.22 bits per heavy atom. The number of nitrogens with zero attached hydrogens (tertiary/aromatic N) is 1. The fraction of sp³-hybridized carbons (Fsp3) is 0.333. The molecule has 0 radical (unpaired) electrons. The fourth-order valence-corrected chi connectivity index (χ4v) is 3.22. The van der Waals surface area contributed by atoms with Crippen molar-refractivity contribution in [2.45, 2.75) is 39.0 Å². The predicted molar refractivity (Wildman–Crippen MR) is 93.1 cm³/mol. The highest BCUT2D eigenvalue weighted by Crippen LogP contribution is 2.28. The van der Waals surface area contributed by atoms with Crippen molar-refractivity contribution in [1.29, 1.82) is 0 Å². The van der Waals surface area contributed by atoms with Crippen molar-refractivity contribution in [3.05, 3.63) is 45.1 Å². The van der Waals surface area contributed by atoms with Gasteiger partial charge in [-0.25, -0.2) is 9.78 Å². The SMILES string of the molecule is CCCCCCc1cc2cc(-c3cscn3)c(=O)oc2cc1O. The van der Waals surface area contributed by atoms with Gasteiger partial charge >= 0.3 is 5.63 Å². The van der Waals surface area contributed by atoms with Gasteiger partial charge in [0.05, 0.1) is 16.8 Å². The van der Waals surface area contributed by atoms with Crippen LogP contribution in [0.4, 0.5) is 0 Å². The third kappa shape index (κ3) is 3.45. The number of aromatic nitrogens is 1. The molecular weight excluding hydrogens is 310 g/mol. The van der Waals surface area contributed by atoms with Gasteiger partial charge in [-0.15, -0.1) is 11.3 Å². The molecule has 3 aromatic rings. The largest absolute Gasteiger partial charge is 0.508 e. The zero-order valence-corrected chi connectivity index (χ0v) is 13.9. The molecule has 0 amide bonds. The lowest BCUT2D eigenvalue weighted by Gasteiger charge is -2.07. The summed E-state index contributed by atoms with van der Waals surface area (Å²) in [6, 6.07) is 5.25. The molecule has 0 unspecified atom stereocenters. The minimum atomic E-state index is -0.432. The summed E-state index contributed by atoms with van der Waals surface area (Å²) in [5, 5.41) is 12.8. The van der Waals surface area contributed by atoms with Crippen molar-refractivity contribution in [2.24, 2.45) is 0 Å². The molecule has 0 fully saturated rings. The van der Waals surface area contributed by atoms with E-state index >= 15 is 0 Å². The molecule has 0 saturated heterocycles. The maximum Gasteiger partial charge on any atom is 0.345 e. The Bertz CT molecular complexity index is 853. The number of aryl methyl sites for hydroxylation is 1. The molecule has 2 heterocycles. The number of phenolic OH excluding ortho intramolecular Hbond substituents is 1. The van der Waals surface area contributed by atoms with Crippen molar-refractivity contribution in [3.8, 4) is 17.0 Å². The van der Waals surface area contributed by atoms with Crippen molar-refractivity contribution in [1.82, 2.24) is 4.98 Å². The van der Waals surface area contributed by atoms with Crippen LogP contribution in [-0.4, -0.2) is 10.1 Å². The number of hydrogen-bond donors (Lipinski definition) is 1. The van der Waals surface area contributed by atoms with Crippen molar-refractivity contribution >= 4 is 22.3 Å². The molecule has 120 valence electrons. The van der Waals surface area contributed by atoms with Crippen LogP contribution in [0, 0.1) is 0 Å². The lowest BCUT2D eigenvalue weighted by atomic mass is 10.0. The summed E-state index contributed by atoms with van der Waals surface area (Å²) in [5.74, 6) is 0.193. The summed E-state index contributed by atoms with van der Waals surface area (Å²) in [7, 11) is 0. The molecule has 23 heavy (non-hydrogen) atoms. The zero-order valence-electron chi connectivity index (χ0n) is 13.0. The Kier molecular flexibility index (Phi) is 4.76. The second-order valence-electron chi connectivity index (χ2n) is 5.65. The second kappa shape index (κ2) is 6.96. The van der Waals surface area contributed by atoms with Gasteiger partial charge in [0.2, 0.25) is 0 Å². The standard InChI is InChI=1S/C18H19NO3S/c1-2-3-4-5-6-12-7-13-8-14(15-10-23-11-19-15)18(21)22-17(13)9-16(12)20/h7-11,20H,2-6H2,1H3. The Morgan fingerprint density at radius 2 is 2.09 bits per heavy atom. The number of thiazole rings is 1. The average Bonchev–Trinajstić information content (AvgIpc) is 3.06. The van der Waals surface area contributed by atoms with E-state index in [1.807, 2.05) is 11.4 Å². The molecule has 5 heteroatoms. The topological polar surface area (TPSA) is 63.3 Å². The highest BCUT2D eigenvalue weighted by molar-refractivity contribution is 7.07. The zero-order chi connectivity index (χ0) is 16.2. The second-order valence-corrected chi connectivity index (χ2v) is 6.37. The number of hydrogen-bond acceptors (Lipinski definition) is 5. The molecule has 0 atom stereocenters. The number of unbranched alkanes of at least 4 members (excludes halogenated alkanes) is 3. The first kappa shape index (κ1) is 15.7. The van der Waals surface area contributed by atoms with E-state index in [4.69, 9.17) is 4.42 Å². The van der Waals surface area contributed by atoms with Crippen molar-refractivity contribution in [2.75, 3.05) is 0 Å². The van der Waals surface area contributed by atoms with Crippen LogP contribution < -0.4 is 5.63 Å². The van der Waals surface area contributed by atoms with E-state index in [1.54, 1.807) is 11.6 Å². The summed E-state index contributed by atoms with van der Waals surface area (Å²) >= 11 is 1.44. The van der Waals surface area contributed by atoms with E-state index in [9.17, 15) is 9.90 Å². The molecule has 1 aromatic carbocycles. The first-order chi connectivity index (χ1) is 11.2. The van der Waals surface area contributed by atoms with Crippen LogP contribution in [0.25, 0.3) is 22.2 Å². The Hall–Kier alpha value is -2.14. The molecular formula is C18H19NO3S. The maximum atomic E-state index is 12.1. The molecule has 0 bridgehead atoms. The minimum Gasteiger partial charge on any atom is -0.508 e. The van der Waals surface area contributed by atoms with E-state index in [-0.39, 0.29) is 5.75 Å². The Balaban J connectivity index is 1.97. The lowest BCUT2D eigenvalue weighted by Crippen LogP contribution is -2.03. The van der Waals surface area contributed by atoms with Crippen LogP contribution in [0.3, 0.4) is 0 Å². The number of phenols is 1. The highest BCUT2D eigenvalue weighted by atomic mass is 32.1. The third-order valence-corrected chi connectivity index (χ3v) is 4.53. The van der Waals surface area contributed by atoms with Crippen LogP contribution in [0.5, 0.6) is 5.75 Å². The molecule has 2 aromatic heterocycles. The van der Waals surface area contributed by atoms with Crippen LogP contribution in [0.15, 0.2) is 38.3 Å². The molecule has 4 nitrogen and oxygen atoms in total. The summed E-state index contributed by atoms with van der Waals surface area (Å²) in [6.45, 7) is 2.18. The molecule has 0 spiro atoms. The van der Waals surface area contributed by atoms with Crippen LogP contribution >= 0.6 is 11.3 Å². The molecule has 0 saturated carbocycles. The highest BCUT2D eigenvalue weighted by Gasteiger charge is 2.12. The third-order valence-electron chi connectivity index (χ3n) is 3.94. The average molecular weight is 329 g/mol. The van der Waals surface area contributed by atoms with Gasteiger partial charge < -0.3 is 9.52 Å². The first-order valence-corrected chi connectivity index (χ1v) is 8.81.